The van der Waals surface area contributed by atoms with E-state index < -0.39 is 11.4 Å². The Labute approximate surface area is 109 Å². The lowest BCUT2D eigenvalue weighted by molar-refractivity contribution is -0.154. The first-order chi connectivity index (χ1) is 8.55. The van der Waals surface area contributed by atoms with Crippen molar-refractivity contribution >= 4 is 11.9 Å². The minimum atomic E-state index is -0.892. The molecule has 0 aliphatic carbocycles. The topological polar surface area (TPSA) is 69.6 Å². The monoisotopic (exact) mass is 256 g/mol. The van der Waals surface area contributed by atoms with Gasteiger partial charge in [-0.15, -0.1) is 0 Å². The van der Waals surface area contributed by atoms with Gasteiger partial charge in [0.05, 0.1) is 5.41 Å². The summed E-state index contributed by atoms with van der Waals surface area (Å²) in [5.74, 6) is -0.876. The zero-order chi connectivity index (χ0) is 13.6. The standard InChI is InChI=1S/C13H24N2O3/c1-3-13(4-2,12(17)18)10-11(16)15-8-5-6-14-7-9-15/h14H,3-10H2,1-2H3,(H,17,18). The van der Waals surface area contributed by atoms with Crippen LogP contribution < -0.4 is 5.32 Å². The van der Waals surface area contributed by atoms with Gasteiger partial charge in [0.15, 0.2) is 0 Å². The summed E-state index contributed by atoms with van der Waals surface area (Å²) in [6, 6.07) is 0. The number of carbonyl (C=O) groups is 2. The number of hydrogen-bond acceptors (Lipinski definition) is 3. The number of amides is 1. The van der Waals surface area contributed by atoms with E-state index in [1.54, 1.807) is 4.90 Å². The summed E-state index contributed by atoms with van der Waals surface area (Å²) in [5, 5.41) is 12.6. The molecule has 0 spiro atoms. The maximum absolute atomic E-state index is 12.2. The lowest BCUT2D eigenvalue weighted by Gasteiger charge is -2.29. The molecule has 1 rings (SSSR count). The number of nitrogens with one attached hydrogen (secondary N) is 1. The van der Waals surface area contributed by atoms with Gasteiger partial charge in [-0.3, -0.25) is 9.59 Å². The number of aliphatic carboxylic acids is 1. The van der Waals surface area contributed by atoms with Crippen molar-refractivity contribution in [3.05, 3.63) is 0 Å². The third-order valence-electron chi connectivity index (χ3n) is 3.99. The molecule has 5 heteroatoms. The van der Waals surface area contributed by atoms with Gasteiger partial charge in [-0.1, -0.05) is 13.8 Å². The Morgan fingerprint density at radius 3 is 2.44 bits per heavy atom. The second-order valence-electron chi connectivity index (χ2n) is 4.95. The van der Waals surface area contributed by atoms with E-state index >= 15 is 0 Å². The highest BCUT2D eigenvalue weighted by Crippen LogP contribution is 2.31. The molecule has 0 aromatic heterocycles. The summed E-state index contributed by atoms with van der Waals surface area (Å²) in [6.07, 6.45) is 2.05. The molecular weight excluding hydrogens is 232 g/mol. The predicted octanol–water partition coefficient (Wildman–Crippen LogP) is 1.09. The van der Waals surface area contributed by atoms with E-state index in [2.05, 4.69) is 5.32 Å². The summed E-state index contributed by atoms with van der Waals surface area (Å²) in [4.78, 5) is 25.4. The number of rotatable bonds is 5. The van der Waals surface area contributed by atoms with Gasteiger partial charge in [-0.25, -0.2) is 0 Å². The van der Waals surface area contributed by atoms with E-state index in [0.717, 1.165) is 26.1 Å². The molecule has 18 heavy (non-hydrogen) atoms. The summed E-state index contributed by atoms with van der Waals surface area (Å²) >= 11 is 0. The summed E-state index contributed by atoms with van der Waals surface area (Å²) in [5.41, 5.74) is -0.892. The van der Waals surface area contributed by atoms with Crippen LogP contribution in [-0.4, -0.2) is 48.1 Å². The van der Waals surface area contributed by atoms with Crippen molar-refractivity contribution in [2.45, 2.75) is 39.5 Å². The first-order valence-corrected chi connectivity index (χ1v) is 6.77. The van der Waals surface area contributed by atoms with Gasteiger partial charge in [0, 0.05) is 26.1 Å². The Balaban J connectivity index is 2.68. The molecule has 5 nitrogen and oxygen atoms in total. The van der Waals surface area contributed by atoms with Crippen molar-refractivity contribution in [3.63, 3.8) is 0 Å². The average molecular weight is 256 g/mol. The average Bonchev–Trinajstić information content (AvgIpc) is 2.64. The smallest absolute Gasteiger partial charge is 0.310 e. The number of nitrogens with zero attached hydrogens (tertiary/aromatic N) is 1. The SMILES string of the molecule is CCC(CC)(CC(=O)N1CCCNCC1)C(=O)O. The highest BCUT2D eigenvalue weighted by molar-refractivity contribution is 5.85. The van der Waals surface area contributed by atoms with Crippen molar-refractivity contribution < 1.29 is 14.7 Å². The number of carboxylic acid groups (broad SMARTS) is 1. The van der Waals surface area contributed by atoms with Gasteiger partial charge in [0.2, 0.25) is 5.91 Å². The molecule has 1 amide bonds. The highest BCUT2D eigenvalue weighted by Gasteiger charge is 2.38. The van der Waals surface area contributed by atoms with Crippen molar-refractivity contribution in [1.82, 2.24) is 10.2 Å². The molecule has 104 valence electrons. The van der Waals surface area contributed by atoms with Crippen LogP contribution in [0, 0.1) is 5.41 Å². The molecular formula is C13H24N2O3. The molecule has 2 N–H and O–H groups in total. The largest absolute Gasteiger partial charge is 0.481 e. The van der Waals surface area contributed by atoms with Crippen LogP contribution in [0.15, 0.2) is 0 Å². The molecule has 0 saturated carbocycles. The lowest BCUT2D eigenvalue weighted by Crippen LogP contribution is -2.40. The summed E-state index contributed by atoms with van der Waals surface area (Å²) in [6.45, 7) is 6.82. The van der Waals surface area contributed by atoms with E-state index in [-0.39, 0.29) is 12.3 Å². The Hall–Kier alpha value is -1.10. The molecule has 1 aliphatic rings. The fourth-order valence-electron chi connectivity index (χ4n) is 2.37. The van der Waals surface area contributed by atoms with Crippen molar-refractivity contribution in [2.75, 3.05) is 26.2 Å². The quantitative estimate of drug-likeness (QED) is 0.772. The van der Waals surface area contributed by atoms with E-state index in [0.29, 0.717) is 19.4 Å². The van der Waals surface area contributed by atoms with Gasteiger partial charge >= 0.3 is 5.97 Å². The summed E-state index contributed by atoms with van der Waals surface area (Å²) < 4.78 is 0. The Kier molecular flexibility index (Phi) is 5.59. The van der Waals surface area contributed by atoms with Crippen LogP contribution in [0.2, 0.25) is 0 Å². The molecule has 1 saturated heterocycles. The maximum atomic E-state index is 12.2. The van der Waals surface area contributed by atoms with Crippen molar-refractivity contribution in [1.29, 1.82) is 0 Å². The molecule has 0 aromatic rings. The lowest BCUT2D eigenvalue weighted by atomic mass is 9.79. The molecule has 0 unspecified atom stereocenters. The second kappa shape index (κ2) is 6.73. The number of carboxylic acids is 1. The van der Waals surface area contributed by atoms with Crippen LogP contribution in [0.5, 0.6) is 0 Å². The summed E-state index contributed by atoms with van der Waals surface area (Å²) in [7, 11) is 0. The first-order valence-electron chi connectivity index (χ1n) is 6.77. The number of carbonyl (C=O) groups excluding carboxylic acids is 1. The predicted molar refractivity (Wildman–Crippen MR) is 69.3 cm³/mol. The zero-order valence-electron chi connectivity index (χ0n) is 11.4. The van der Waals surface area contributed by atoms with Gasteiger partial charge in [0.1, 0.15) is 0 Å². The van der Waals surface area contributed by atoms with E-state index in [4.69, 9.17) is 0 Å². The third-order valence-corrected chi connectivity index (χ3v) is 3.99. The molecule has 0 aromatic carbocycles. The molecule has 0 bridgehead atoms. The fourth-order valence-corrected chi connectivity index (χ4v) is 2.37. The molecule has 1 heterocycles. The normalized spacial score (nSPS) is 17.3. The van der Waals surface area contributed by atoms with Crippen LogP contribution in [0.3, 0.4) is 0 Å². The van der Waals surface area contributed by atoms with Gasteiger partial charge in [0.25, 0.3) is 0 Å². The van der Waals surface area contributed by atoms with Crippen molar-refractivity contribution in [2.24, 2.45) is 5.41 Å². The van der Waals surface area contributed by atoms with E-state index in [1.165, 1.54) is 0 Å². The number of hydrogen-bond donors (Lipinski definition) is 2. The van der Waals surface area contributed by atoms with Crippen LogP contribution >= 0.6 is 0 Å². The van der Waals surface area contributed by atoms with Gasteiger partial charge in [-0.2, -0.15) is 0 Å². The molecule has 0 atom stereocenters. The molecule has 0 radical (unpaired) electrons. The Bertz CT molecular complexity index is 293. The van der Waals surface area contributed by atoms with E-state index in [1.807, 2.05) is 13.8 Å². The first kappa shape index (κ1) is 15.0. The van der Waals surface area contributed by atoms with Crippen LogP contribution in [0.1, 0.15) is 39.5 Å². The van der Waals surface area contributed by atoms with Gasteiger partial charge in [-0.05, 0) is 25.8 Å². The third kappa shape index (κ3) is 3.45. The van der Waals surface area contributed by atoms with E-state index in [9.17, 15) is 14.7 Å². The van der Waals surface area contributed by atoms with Crippen LogP contribution in [0.4, 0.5) is 0 Å². The minimum Gasteiger partial charge on any atom is -0.481 e. The Morgan fingerprint density at radius 1 is 1.22 bits per heavy atom. The zero-order valence-corrected chi connectivity index (χ0v) is 11.4. The van der Waals surface area contributed by atoms with Crippen LogP contribution in [0.25, 0.3) is 0 Å². The fraction of sp³-hybridized carbons (Fsp3) is 0.846. The van der Waals surface area contributed by atoms with Crippen molar-refractivity contribution in [3.8, 4) is 0 Å². The second-order valence-corrected chi connectivity index (χ2v) is 4.95. The molecule has 1 fully saturated rings. The van der Waals surface area contributed by atoms with Gasteiger partial charge < -0.3 is 15.3 Å². The highest BCUT2D eigenvalue weighted by atomic mass is 16.4. The maximum Gasteiger partial charge on any atom is 0.310 e. The minimum absolute atomic E-state index is 0.0233. The van der Waals surface area contributed by atoms with Crippen LogP contribution in [-0.2, 0) is 9.59 Å². The molecule has 1 aliphatic heterocycles. The Morgan fingerprint density at radius 2 is 1.89 bits per heavy atom.